The molecule has 0 aliphatic rings. The van der Waals surface area contributed by atoms with E-state index in [4.69, 9.17) is 5.11 Å². The van der Waals surface area contributed by atoms with Crippen molar-refractivity contribution < 1.29 is 13.5 Å². The van der Waals surface area contributed by atoms with E-state index in [2.05, 4.69) is 9.71 Å². The van der Waals surface area contributed by atoms with Crippen molar-refractivity contribution in [3.05, 3.63) is 53.2 Å². The van der Waals surface area contributed by atoms with Crippen LogP contribution in [0.15, 0.2) is 41.6 Å². The standard InChI is InChI=1S/C14H16N2O3S/c1-10-3-5-13(11(2)7-10)16-20(18,19)14-6-4-12(9-17)8-15-14/h3-8,16-17H,9H2,1-2H3. The van der Waals surface area contributed by atoms with Gasteiger partial charge in [-0.3, -0.25) is 4.72 Å². The van der Waals surface area contributed by atoms with Gasteiger partial charge in [-0.15, -0.1) is 0 Å². The number of nitrogens with zero attached hydrogens (tertiary/aromatic N) is 1. The first kappa shape index (κ1) is 14.5. The van der Waals surface area contributed by atoms with Crippen molar-refractivity contribution in [3.8, 4) is 0 Å². The maximum Gasteiger partial charge on any atom is 0.279 e. The Morgan fingerprint density at radius 1 is 1.20 bits per heavy atom. The smallest absolute Gasteiger partial charge is 0.279 e. The van der Waals surface area contributed by atoms with Gasteiger partial charge < -0.3 is 5.11 Å². The minimum atomic E-state index is -3.72. The number of aliphatic hydroxyl groups excluding tert-OH is 1. The molecule has 0 aliphatic carbocycles. The van der Waals surface area contributed by atoms with E-state index < -0.39 is 10.0 Å². The second-order valence-electron chi connectivity index (χ2n) is 4.59. The Kier molecular flexibility index (Phi) is 4.06. The lowest BCUT2D eigenvalue weighted by Crippen LogP contribution is -2.15. The largest absolute Gasteiger partial charge is 0.392 e. The van der Waals surface area contributed by atoms with Gasteiger partial charge in [0.15, 0.2) is 5.03 Å². The van der Waals surface area contributed by atoms with Gasteiger partial charge in [0.05, 0.1) is 12.3 Å². The predicted octanol–water partition coefficient (Wildman–Crippen LogP) is 1.99. The fourth-order valence-corrected chi connectivity index (χ4v) is 2.85. The summed E-state index contributed by atoms with van der Waals surface area (Å²) in [5.41, 5.74) is 3.01. The number of hydrogen-bond acceptors (Lipinski definition) is 4. The minimum Gasteiger partial charge on any atom is -0.392 e. The number of aryl methyl sites for hydroxylation is 2. The van der Waals surface area contributed by atoms with Gasteiger partial charge in [-0.05, 0) is 37.1 Å². The molecule has 0 unspecified atom stereocenters. The number of nitrogens with one attached hydrogen (secondary N) is 1. The number of hydrogen-bond donors (Lipinski definition) is 2. The van der Waals surface area contributed by atoms with Crippen molar-refractivity contribution in [2.24, 2.45) is 0 Å². The van der Waals surface area contributed by atoms with Crippen LogP contribution >= 0.6 is 0 Å². The highest BCUT2D eigenvalue weighted by molar-refractivity contribution is 7.92. The molecule has 6 heteroatoms. The second-order valence-corrected chi connectivity index (χ2v) is 6.22. The average molecular weight is 292 g/mol. The Hall–Kier alpha value is -1.92. The van der Waals surface area contributed by atoms with Gasteiger partial charge in [0.2, 0.25) is 0 Å². The van der Waals surface area contributed by atoms with Gasteiger partial charge in [-0.25, -0.2) is 4.98 Å². The van der Waals surface area contributed by atoms with Gasteiger partial charge in [-0.1, -0.05) is 23.8 Å². The van der Waals surface area contributed by atoms with E-state index in [0.717, 1.165) is 11.1 Å². The molecule has 2 rings (SSSR count). The molecule has 1 aromatic heterocycles. The lowest BCUT2D eigenvalue weighted by atomic mass is 10.1. The normalized spacial score (nSPS) is 11.3. The van der Waals surface area contributed by atoms with Crippen LogP contribution in [0.1, 0.15) is 16.7 Å². The van der Waals surface area contributed by atoms with Crippen LogP contribution in [0.5, 0.6) is 0 Å². The summed E-state index contributed by atoms with van der Waals surface area (Å²) in [6.45, 7) is 3.62. The molecule has 106 valence electrons. The minimum absolute atomic E-state index is 0.0744. The first-order valence-corrected chi connectivity index (χ1v) is 7.56. The molecule has 0 bridgehead atoms. The van der Waals surface area contributed by atoms with E-state index in [1.807, 2.05) is 26.0 Å². The number of benzene rings is 1. The Balaban J connectivity index is 2.30. The number of aromatic nitrogens is 1. The van der Waals surface area contributed by atoms with Gasteiger partial charge in [0, 0.05) is 6.20 Å². The SMILES string of the molecule is Cc1ccc(NS(=O)(=O)c2ccc(CO)cn2)c(C)c1. The third kappa shape index (κ3) is 3.15. The zero-order valence-electron chi connectivity index (χ0n) is 11.3. The van der Waals surface area contributed by atoms with Crippen LogP contribution in [0.4, 0.5) is 5.69 Å². The number of aliphatic hydroxyl groups is 1. The van der Waals surface area contributed by atoms with Gasteiger partial charge in [0.1, 0.15) is 0 Å². The lowest BCUT2D eigenvalue weighted by molar-refractivity contribution is 0.281. The van der Waals surface area contributed by atoms with Crippen molar-refractivity contribution in [2.45, 2.75) is 25.5 Å². The fourth-order valence-electron chi connectivity index (χ4n) is 1.79. The molecule has 0 atom stereocenters. The summed E-state index contributed by atoms with van der Waals surface area (Å²) in [5, 5.41) is 8.85. The zero-order chi connectivity index (χ0) is 14.8. The van der Waals surface area contributed by atoms with Crippen molar-refractivity contribution in [1.82, 2.24) is 4.98 Å². The van der Waals surface area contributed by atoms with E-state index >= 15 is 0 Å². The molecular formula is C14H16N2O3S. The average Bonchev–Trinajstić information content (AvgIpc) is 2.42. The van der Waals surface area contributed by atoms with Crippen LogP contribution in [-0.4, -0.2) is 18.5 Å². The lowest BCUT2D eigenvalue weighted by Gasteiger charge is -2.10. The quantitative estimate of drug-likeness (QED) is 0.903. The fraction of sp³-hybridized carbons (Fsp3) is 0.214. The van der Waals surface area contributed by atoms with E-state index in [-0.39, 0.29) is 11.6 Å². The van der Waals surface area contributed by atoms with Crippen LogP contribution < -0.4 is 4.72 Å². The molecule has 2 aromatic rings. The third-order valence-corrected chi connectivity index (χ3v) is 4.16. The summed E-state index contributed by atoms with van der Waals surface area (Å²) >= 11 is 0. The highest BCUT2D eigenvalue weighted by atomic mass is 32.2. The van der Waals surface area contributed by atoms with E-state index in [9.17, 15) is 8.42 Å². The second kappa shape index (κ2) is 5.60. The van der Waals surface area contributed by atoms with Gasteiger partial charge >= 0.3 is 0 Å². The van der Waals surface area contributed by atoms with Gasteiger partial charge in [-0.2, -0.15) is 8.42 Å². The van der Waals surface area contributed by atoms with E-state index in [1.165, 1.54) is 18.3 Å². The molecule has 1 heterocycles. The summed E-state index contributed by atoms with van der Waals surface area (Å²) in [6.07, 6.45) is 1.34. The van der Waals surface area contributed by atoms with E-state index in [1.54, 1.807) is 6.07 Å². The summed E-state index contributed by atoms with van der Waals surface area (Å²) in [5.74, 6) is 0. The summed E-state index contributed by atoms with van der Waals surface area (Å²) < 4.78 is 26.9. The van der Waals surface area contributed by atoms with Crippen LogP contribution in [0.2, 0.25) is 0 Å². The molecular weight excluding hydrogens is 276 g/mol. The van der Waals surface area contributed by atoms with Crippen molar-refractivity contribution in [3.63, 3.8) is 0 Å². The molecule has 2 N–H and O–H groups in total. The van der Waals surface area contributed by atoms with Crippen LogP contribution in [0, 0.1) is 13.8 Å². The summed E-state index contributed by atoms with van der Waals surface area (Å²) in [4.78, 5) is 3.85. The zero-order valence-corrected chi connectivity index (χ0v) is 12.1. The molecule has 0 radical (unpaired) electrons. The van der Waals surface area contributed by atoms with Gasteiger partial charge in [0.25, 0.3) is 10.0 Å². The number of rotatable bonds is 4. The van der Waals surface area contributed by atoms with E-state index in [0.29, 0.717) is 11.3 Å². The van der Waals surface area contributed by atoms with Crippen LogP contribution in [-0.2, 0) is 16.6 Å². The maximum atomic E-state index is 12.2. The first-order chi connectivity index (χ1) is 9.42. The third-order valence-electron chi connectivity index (χ3n) is 2.88. The predicted molar refractivity (Wildman–Crippen MR) is 76.9 cm³/mol. The highest BCUT2D eigenvalue weighted by Gasteiger charge is 2.16. The highest BCUT2D eigenvalue weighted by Crippen LogP contribution is 2.19. The monoisotopic (exact) mass is 292 g/mol. The molecule has 5 nitrogen and oxygen atoms in total. The molecule has 0 saturated heterocycles. The molecule has 0 fully saturated rings. The Bertz CT molecular complexity index is 710. The summed E-state index contributed by atoms with van der Waals surface area (Å²) in [7, 11) is -3.72. The molecule has 0 amide bonds. The van der Waals surface area contributed by atoms with Crippen molar-refractivity contribution >= 4 is 15.7 Å². The Labute approximate surface area is 118 Å². The van der Waals surface area contributed by atoms with Crippen molar-refractivity contribution in [1.29, 1.82) is 0 Å². The molecule has 0 spiro atoms. The Morgan fingerprint density at radius 2 is 1.95 bits per heavy atom. The molecule has 20 heavy (non-hydrogen) atoms. The van der Waals surface area contributed by atoms with Crippen LogP contribution in [0.3, 0.4) is 0 Å². The summed E-state index contributed by atoms with van der Waals surface area (Å²) in [6, 6.07) is 8.37. The van der Waals surface area contributed by atoms with Crippen LogP contribution in [0.25, 0.3) is 0 Å². The number of sulfonamides is 1. The molecule has 1 aromatic carbocycles. The maximum absolute atomic E-state index is 12.2. The molecule has 0 saturated carbocycles. The topological polar surface area (TPSA) is 79.3 Å². The Morgan fingerprint density at radius 3 is 2.50 bits per heavy atom. The number of anilines is 1. The molecule has 0 aliphatic heterocycles. The van der Waals surface area contributed by atoms with Crippen molar-refractivity contribution in [2.75, 3.05) is 4.72 Å². The first-order valence-electron chi connectivity index (χ1n) is 6.08. The number of pyridine rings is 1.